The molecule has 9 heteroatoms. The second-order valence-electron chi connectivity index (χ2n) is 8.67. The van der Waals surface area contributed by atoms with Gasteiger partial charge in [0.2, 0.25) is 0 Å². The fraction of sp³-hybridized carbons (Fsp3) is 0.214. The molecule has 0 aromatic heterocycles. The van der Waals surface area contributed by atoms with Crippen molar-refractivity contribution in [3.63, 3.8) is 0 Å². The quantitative estimate of drug-likeness (QED) is 0.443. The predicted octanol–water partition coefficient (Wildman–Crippen LogP) is 1.28. The van der Waals surface area contributed by atoms with Crippen molar-refractivity contribution in [1.82, 2.24) is 0 Å². The van der Waals surface area contributed by atoms with Crippen molar-refractivity contribution in [2.45, 2.75) is 27.7 Å². The van der Waals surface area contributed by atoms with E-state index in [1.807, 2.05) is 24.3 Å². The average molecular weight is 651 g/mol. The summed E-state index contributed by atoms with van der Waals surface area (Å²) in [6.07, 6.45) is 16.4. The first-order valence-electron chi connectivity index (χ1n) is 11.2. The Morgan fingerprint density at radius 2 is 1.00 bits per heavy atom. The molecule has 0 aromatic carbocycles. The van der Waals surface area contributed by atoms with Gasteiger partial charge in [-0.1, -0.05) is 16.4 Å². The van der Waals surface area contributed by atoms with E-state index in [9.17, 15) is 10.2 Å². The molecule has 0 spiro atoms. The van der Waals surface area contributed by atoms with E-state index in [4.69, 9.17) is 9.47 Å². The molecule has 0 aromatic rings. The van der Waals surface area contributed by atoms with Crippen LogP contribution in [0.2, 0.25) is 0 Å². The van der Waals surface area contributed by atoms with Gasteiger partial charge in [0, 0.05) is 10.6 Å². The number of aliphatic hydroxyl groups is 2. The van der Waals surface area contributed by atoms with Crippen molar-refractivity contribution in [1.29, 1.82) is 0 Å². The Labute approximate surface area is 252 Å². The van der Waals surface area contributed by atoms with Gasteiger partial charge in [0.15, 0.2) is 0 Å². The van der Waals surface area contributed by atoms with Crippen molar-refractivity contribution in [2.75, 3.05) is 13.2 Å². The molecule has 190 valence electrons. The van der Waals surface area contributed by atoms with E-state index < -0.39 is 0 Å². The van der Waals surface area contributed by atoms with Crippen molar-refractivity contribution >= 4 is 27.0 Å². The van der Waals surface area contributed by atoms with E-state index >= 15 is 0 Å². The van der Waals surface area contributed by atoms with Crippen LogP contribution < -0.4 is 24.8 Å². The smallest absolute Gasteiger partial charge is 1.00 e. The molecule has 0 atom stereocenters. The summed E-state index contributed by atoms with van der Waals surface area (Å²) < 4.78 is 10.3. The molecule has 6 rings (SSSR count). The molecule has 2 N–H and O–H groups in total. The number of halogens is 2. The molecule has 0 unspecified atom stereocenters. The van der Waals surface area contributed by atoms with Gasteiger partial charge in [0.1, 0.15) is 13.2 Å². The Bertz CT molecular complexity index is 1290. The van der Waals surface area contributed by atoms with Crippen LogP contribution in [0.5, 0.6) is 0 Å². The predicted molar refractivity (Wildman–Crippen MR) is 142 cm³/mol. The van der Waals surface area contributed by atoms with Crippen molar-refractivity contribution < 1.29 is 70.7 Å². The van der Waals surface area contributed by atoms with Gasteiger partial charge in [-0.3, -0.25) is 0 Å². The molecule has 0 fully saturated rings. The molecule has 37 heavy (non-hydrogen) atoms. The summed E-state index contributed by atoms with van der Waals surface area (Å²) >= 11 is 0. The van der Waals surface area contributed by atoms with Gasteiger partial charge in [-0.15, -0.1) is 0 Å². The van der Waals surface area contributed by atoms with Crippen LogP contribution in [0.15, 0.2) is 116 Å². The van der Waals surface area contributed by atoms with E-state index in [-0.39, 0.29) is 62.9 Å². The fourth-order valence-electron chi connectivity index (χ4n) is 4.57. The van der Waals surface area contributed by atoms with Gasteiger partial charge in [0.05, 0.1) is 11.1 Å². The van der Waals surface area contributed by atoms with Crippen molar-refractivity contribution in [2.24, 2.45) is 0 Å². The zero-order valence-electron chi connectivity index (χ0n) is 20.9. The first-order valence-corrected chi connectivity index (χ1v) is 13.0. The third kappa shape index (κ3) is 6.19. The van der Waals surface area contributed by atoms with Crippen LogP contribution in [0, 0.1) is 0 Å². The number of fused-ring (bicyclic) bond motifs is 2. The number of allylic oxidation sites excluding steroid dienone is 16. The zero-order valence-corrected chi connectivity index (χ0v) is 26.7. The van der Waals surface area contributed by atoms with Crippen LogP contribution in [-0.2, 0) is 35.7 Å². The molecule has 2 aliphatic carbocycles. The third-order valence-electron chi connectivity index (χ3n) is 6.08. The van der Waals surface area contributed by atoms with Gasteiger partial charge >= 0.3 is 26.2 Å². The molecule has 4 nitrogen and oxygen atoms in total. The second-order valence-corrected chi connectivity index (χ2v) is 11.4. The van der Waals surface area contributed by atoms with E-state index in [1.54, 1.807) is 0 Å². The Kier molecular flexibility index (Phi) is 11.1. The number of hydrogen-bond acceptors (Lipinski definition) is 4. The Morgan fingerprint density at radius 3 is 1.35 bits per heavy atom. The maximum absolute atomic E-state index is 9.81. The third-order valence-corrected chi connectivity index (χ3v) is 8.68. The summed E-state index contributed by atoms with van der Waals surface area (Å²) in [7, 11) is 2.57. The van der Waals surface area contributed by atoms with Crippen molar-refractivity contribution in [3.05, 3.63) is 116 Å². The van der Waals surface area contributed by atoms with Gasteiger partial charge in [0.25, 0.3) is 11.9 Å². The minimum absolute atomic E-state index is 0. The van der Waals surface area contributed by atoms with Gasteiger partial charge in [-0.05, 0) is 120 Å². The number of rotatable bonds is 2. The van der Waals surface area contributed by atoms with E-state index in [0.29, 0.717) is 13.2 Å². The minimum atomic E-state index is 0. The normalized spacial score (nSPS) is 21.4. The van der Waals surface area contributed by atoms with Gasteiger partial charge in [-0.25, -0.2) is 0 Å². The van der Waals surface area contributed by atoms with Gasteiger partial charge < -0.3 is 44.5 Å². The zero-order chi connectivity index (χ0) is 24.0. The number of aliphatic hydroxyl groups excluding tert-OH is 2. The molecule has 0 radical (unpaired) electrons. The minimum Gasteiger partial charge on any atom is -1.00 e. The van der Waals surface area contributed by atoms with Crippen molar-refractivity contribution in [3.8, 4) is 0 Å². The molecule has 4 aliphatic heterocycles. The summed E-state index contributed by atoms with van der Waals surface area (Å²) in [5, 5.41) is 25.0. The molecule has 4 heterocycles. The van der Waals surface area contributed by atoms with Gasteiger partial charge in [-0.2, -0.15) is 0 Å². The van der Waals surface area contributed by atoms with E-state index in [2.05, 4.69) is 52.0 Å². The topological polar surface area (TPSA) is 58.9 Å². The van der Waals surface area contributed by atoms with Crippen LogP contribution in [0.1, 0.15) is 27.7 Å². The van der Waals surface area contributed by atoms with E-state index in [1.165, 1.54) is 59.9 Å². The first kappa shape index (κ1) is 31.6. The molecular formula is C28H26Cl2O4P2Zr. The summed E-state index contributed by atoms with van der Waals surface area (Å²) in [5.74, 6) is 0.0739. The van der Waals surface area contributed by atoms with Crippen LogP contribution in [-0.4, -0.2) is 34.0 Å². The Balaban J connectivity index is 0.000000241. The Hall–Kier alpha value is -1.60. The SMILES string of the molecule is CC1=PC2=C(C)C=C(C3=C(O)OCC=C3)C2=C1.CC1=PC2=C(C)C=C(C3=C(O)OCC=C3)C2=C1.[Cl-].[Cl-].[Zr+2]. The largest absolute Gasteiger partial charge is 2.00 e. The van der Waals surface area contributed by atoms with Crippen LogP contribution in [0.25, 0.3) is 0 Å². The summed E-state index contributed by atoms with van der Waals surface area (Å²) in [5.41, 5.74) is 8.78. The second kappa shape index (κ2) is 13.0. The van der Waals surface area contributed by atoms with Crippen LogP contribution >= 0.6 is 16.4 Å². The summed E-state index contributed by atoms with van der Waals surface area (Å²) in [6, 6.07) is 0. The first-order chi connectivity index (χ1) is 16.3. The standard InChI is InChI=1S/2C14H13O2P.2ClH.Zr/c2*1-8-6-11(10-4-3-5-16-14(10)15)12-7-9(2)17-13(8)12;;;/h2*3-4,6-7,15H,5H2,1-2H3;2*1H;/q;;;;+2/p-2. The molecule has 0 bridgehead atoms. The molecular weight excluding hydrogens is 624 g/mol. The number of hydrogen-bond donors (Lipinski definition) is 2. The summed E-state index contributed by atoms with van der Waals surface area (Å²) in [4.78, 5) is 0. The van der Waals surface area contributed by atoms with E-state index in [0.717, 1.165) is 22.3 Å². The monoisotopic (exact) mass is 648 g/mol. The van der Waals surface area contributed by atoms with Crippen LogP contribution in [0.4, 0.5) is 0 Å². The molecule has 0 amide bonds. The Morgan fingerprint density at radius 1 is 0.622 bits per heavy atom. The maximum atomic E-state index is 9.81. The average Bonchev–Trinajstić information content (AvgIpc) is 3.53. The fourth-order valence-corrected chi connectivity index (χ4v) is 6.75. The molecule has 6 aliphatic rings. The summed E-state index contributed by atoms with van der Waals surface area (Å²) in [6.45, 7) is 9.40. The maximum Gasteiger partial charge on any atom is 2.00 e. The molecule has 0 saturated heterocycles. The molecule has 0 saturated carbocycles. The number of ether oxygens (including phenoxy) is 2. The van der Waals surface area contributed by atoms with Crippen LogP contribution in [0.3, 0.4) is 0 Å².